The molecule has 204 valence electrons. The maximum atomic E-state index is 13.0. The van der Waals surface area contributed by atoms with E-state index in [1.54, 1.807) is 9.80 Å². The van der Waals surface area contributed by atoms with Crippen molar-refractivity contribution in [2.75, 3.05) is 26.2 Å². The van der Waals surface area contributed by atoms with Crippen molar-refractivity contribution in [2.24, 2.45) is 0 Å². The Balaban J connectivity index is 0.000000281. The van der Waals surface area contributed by atoms with Crippen LogP contribution in [0.2, 0.25) is 5.02 Å². The second-order valence-electron chi connectivity index (χ2n) is 11.1. The number of ether oxygens (including phenoxy) is 3. The molecule has 1 aromatic rings. The summed E-state index contributed by atoms with van der Waals surface area (Å²) in [6.07, 6.45) is 1.81. The average Bonchev–Trinajstić information content (AvgIpc) is 2.75. The van der Waals surface area contributed by atoms with Gasteiger partial charge in [0.2, 0.25) is 0 Å². The Labute approximate surface area is 218 Å². The van der Waals surface area contributed by atoms with Crippen molar-refractivity contribution < 1.29 is 33.3 Å². The first-order chi connectivity index (χ1) is 16.6. The Bertz CT molecular complexity index is 870. The van der Waals surface area contributed by atoms with Gasteiger partial charge in [-0.1, -0.05) is 11.6 Å². The molecule has 1 aromatic carbocycles. The number of benzene rings is 1. The van der Waals surface area contributed by atoms with Gasteiger partial charge in [-0.3, -0.25) is 0 Å². The van der Waals surface area contributed by atoms with E-state index in [4.69, 9.17) is 25.8 Å². The molecule has 0 bridgehead atoms. The van der Waals surface area contributed by atoms with E-state index in [1.165, 1.54) is 18.2 Å². The number of hydrogen-bond donors (Lipinski definition) is 1. The van der Waals surface area contributed by atoms with Crippen molar-refractivity contribution in [3.63, 3.8) is 0 Å². The first-order valence-corrected chi connectivity index (χ1v) is 12.8. The highest BCUT2D eigenvalue weighted by atomic mass is 35.5. The third-order valence-electron chi connectivity index (χ3n) is 5.40. The van der Waals surface area contributed by atoms with Crippen LogP contribution in [0.3, 0.4) is 0 Å². The van der Waals surface area contributed by atoms with Gasteiger partial charge >= 0.3 is 12.2 Å². The van der Waals surface area contributed by atoms with Crippen molar-refractivity contribution in [2.45, 2.75) is 90.6 Å². The molecular formula is C26H40ClFN2O6. The fraction of sp³-hybridized carbons (Fsp3) is 0.692. The molecule has 0 saturated carbocycles. The number of likely N-dealkylation sites (tertiary alicyclic amines) is 2. The first-order valence-electron chi connectivity index (χ1n) is 12.4. The zero-order chi connectivity index (χ0) is 27.1. The number of aliphatic hydroxyl groups excluding tert-OH is 1. The second kappa shape index (κ2) is 12.8. The molecule has 0 radical (unpaired) electrons. The lowest BCUT2D eigenvalue weighted by Gasteiger charge is -2.33. The fourth-order valence-electron chi connectivity index (χ4n) is 3.61. The number of carbonyl (C=O) groups excluding carboxylic acids is 2. The largest absolute Gasteiger partial charge is 0.489 e. The van der Waals surface area contributed by atoms with Gasteiger partial charge in [-0.25, -0.2) is 14.0 Å². The maximum absolute atomic E-state index is 13.0. The second-order valence-corrected chi connectivity index (χ2v) is 11.5. The lowest BCUT2D eigenvalue weighted by Crippen LogP contribution is -2.44. The van der Waals surface area contributed by atoms with E-state index in [-0.39, 0.29) is 29.4 Å². The molecule has 0 spiro atoms. The van der Waals surface area contributed by atoms with Crippen molar-refractivity contribution in [3.8, 4) is 5.75 Å². The van der Waals surface area contributed by atoms with E-state index in [0.717, 1.165) is 0 Å². The van der Waals surface area contributed by atoms with Crippen LogP contribution in [0.5, 0.6) is 5.75 Å². The van der Waals surface area contributed by atoms with Gasteiger partial charge in [-0.05, 0) is 72.6 Å². The van der Waals surface area contributed by atoms with Gasteiger partial charge in [-0.2, -0.15) is 0 Å². The highest BCUT2D eigenvalue weighted by molar-refractivity contribution is 6.32. The molecule has 2 heterocycles. The van der Waals surface area contributed by atoms with Gasteiger partial charge in [0, 0.05) is 39.0 Å². The molecule has 0 unspecified atom stereocenters. The number of aliphatic hydroxyl groups is 1. The van der Waals surface area contributed by atoms with Crippen molar-refractivity contribution in [3.05, 3.63) is 29.0 Å². The molecular weight excluding hydrogens is 491 g/mol. The van der Waals surface area contributed by atoms with Gasteiger partial charge in [0.15, 0.2) is 0 Å². The van der Waals surface area contributed by atoms with E-state index < -0.39 is 17.0 Å². The van der Waals surface area contributed by atoms with Crippen LogP contribution in [0.15, 0.2) is 18.2 Å². The molecule has 36 heavy (non-hydrogen) atoms. The molecule has 2 aliphatic heterocycles. The normalized spacial score (nSPS) is 17.7. The van der Waals surface area contributed by atoms with E-state index in [0.29, 0.717) is 57.6 Å². The van der Waals surface area contributed by atoms with Gasteiger partial charge in [0.1, 0.15) is 28.9 Å². The van der Waals surface area contributed by atoms with E-state index in [1.807, 2.05) is 41.5 Å². The quantitative estimate of drug-likeness (QED) is 0.532. The number of nitrogens with zero attached hydrogens (tertiary/aromatic N) is 2. The van der Waals surface area contributed by atoms with Crippen LogP contribution in [0, 0.1) is 5.82 Å². The van der Waals surface area contributed by atoms with Gasteiger partial charge in [-0.15, -0.1) is 0 Å². The number of carbonyl (C=O) groups is 2. The third-order valence-corrected chi connectivity index (χ3v) is 5.69. The Morgan fingerprint density at radius 2 is 1.33 bits per heavy atom. The Morgan fingerprint density at radius 3 is 1.75 bits per heavy atom. The zero-order valence-electron chi connectivity index (χ0n) is 22.2. The molecule has 0 aliphatic carbocycles. The highest BCUT2D eigenvalue weighted by Gasteiger charge is 2.28. The number of amides is 2. The van der Waals surface area contributed by atoms with Gasteiger partial charge in [0.25, 0.3) is 0 Å². The van der Waals surface area contributed by atoms with Crippen LogP contribution in [-0.2, 0) is 9.47 Å². The summed E-state index contributed by atoms with van der Waals surface area (Å²) < 4.78 is 29.4. The number of hydrogen-bond acceptors (Lipinski definition) is 6. The average molecular weight is 531 g/mol. The van der Waals surface area contributed by atoms with Crippen LogP contribution in [-0.4, -0.2) is 76.7 Å². The standard InChI is InChI=1S/C16H21ClFNO3.C10H19NO3/c1-16(2,3)22-15(20)19-8-6-12(7-9-19)21-14-5-4-11(18)10-13(14)17;1-10(2,3)14-9(13)11-6-4-8(12)5-7-11/h4-5,10,12H,6-9H2,1-3H3;8,12H,4-7H2,1-3H3. The SMILES string of the molecule is CC(C)(C)OC(=O)N1CCC(O)CC1.CC(C)(C)OC(=O)N1CCC(Oc2ccc(F)cc2Cl)CC1. The molecule has 0 aromatic heterocycles. The molecule has 2 aliphatic rings. The monoisotopic (exact) mass is 530 g/mol. The zero-order valence-corrected chi connectivity index (χ0v) is 22.9. The molecule has 0 atom stereocenters. The smallest absolute Gasteiger partial charge is 0.410 e. The fourth-order valence-corrected chi connectivity index (χ4v) is 3.82. The summed E-state index contributed by atoms with van der Waals surface area (Å²) in [4.78, 5) is 26.8. The summed E-state index contributed by atoms with van der Waals surface area (Å²) in [6.45, 7) is 13.4. The lowest BCUT2D eigenvalue weighted by molar-refractivity contribution is 0.00960. The molecule has 3 rings (SSSR count). The summed E-state index contributed by atoms with van der Waals surface area (Å²) in [5.74, 6) is 0.0795. The highest BCUT2D eigenvalue weighted by Crippen LogP contribution is 2.28. The van der Waals surface area contributed by atoms with Gasteiger partial charge in [0.05, 0.1) is 11.1 Å². The Morgan fingerprint density at radius 1 is 0.889 bits per heavy atom. The first kappa shape index (κ1) is 30.0. The van der Waals surface area contributed by atoms with Crippen LogP contribution in [0.25, 0.3) is 0 Å². The minimum Gasteiger partial charge on any atom is -0.489 e. The minimum atomic E-state index is -0.494. The predicted octanol–water partition coefficient (Wildman–Crippen LogP) is 5.64. The van der Waals surface area contributed by atoms with E-state index in [9.17, 15) is 19.1 Å². The number of rotatable bonds is 2. The molecule has 1 N–H and O–H groups in total. The maximum Gasteiger partial charge on any atom is 0.410 e. The molecule has 2 fully saturated rings. The van der Waals surface area contributed by atoms with Crippen molar-refractivity contribution >= 4 is 23.8 Å². The van der Waals surface area contributed by atoms with E-state index >= 15 is 0 Å². The van der Waals surface area contributed by atoms with Crippen LogP contribution < -0.4 is 4.74 Å². The summed E-state index contributed by atoms with van der Waals surface area (Å²) in [6, 6.07) is 4.07. The molecule has 8 nitrogen and oxygen atoms in total. The lowest BCUT2D eigenvalue weighted by atomic mass is 10.1. The summed E-state index contributed by atoms with van der Waals surface area (Å²) in [5.41, 5.74) is -0.931. The van der Waals surface area contributed by atoms with Crippen LogP contribution >= 0.6 is 11.6 Å². The van der Waals surface area contributed by atoms with E-state index in [2.05, 4.69) is 0 Å². The topological polar surface area (TPSA) is 88.5 Å². The number of piperidine rings is 2. The molecule has 2 amide bonds. The van der Waals surface area contributed by atoms with Crippen LogP contribution in [0.4, 0.5) is 14.0 Å². The molecule has 2 saturated heterocycles. The Kier molecular flexibility index (Phi) is 10.7. The molecule has 10 heteroatoms. The summed E-state index contributed by atoms with van der Waals surface area (Å²) in [7, 11) is 0. The number of halogens is 2. The summed E-state index contributed by atoms with van der Waals surface area (Å²) >= 11 is 5.95. The van der Waals surface area contributed by atoms with Crippen molar-refractivity contribution in [1.29, 1.82) is 0 Å². The third kappa shape index (κ3) is 10.8. The van der Waals surface area contributed by atoms with Crippen LogP contribution in [0.1, 0.15) is 67.2 Å². The Hall–Kier alpha value is -2.26. The summed E-state index contributed by atoms with van der Waals surface area (Å²) in [5, 5.41) is 9.52. The minimum absolute atomic E-state index is 0.0401. The van der Waals surface area contributed by atoms with Gasteiger partial charge < -0.3 is 29.1 Å². The predicted molar refractivity (Wildman–Crippen MR) is 136 cm³/mol. The van der Waals surface area contributed by atoms with Crippen molar-refractivity contribution in [1.82, 2.24) is 9.80 Å².